The van der Waals surface area contributed by atoms with Crippen molar-refractivity contribution in [1.82, 2.24) is 10.3 Å². The molecule has 0 saturated carbocycles. The molecule has 0 fully saturated rings. The third-order valence-corrected chi connectivity index (χ3v) is 3.66. The van der Waals surface area contributed by atoms with Gasteiger partial charge in [-0.1, -0.05) is 42.8 Å². The van der Waals surface area contributed by atoms with E-state index >= 15 is 0 Å². The van der Waals surface area contributed by atoms with E-state index in [9.17, 15) is 0 Å². The summed E-state index contributed by atoms with van der Waals surface area (Å²) in [4.78, 5) is 4.35. The van der Waals surface area contributed by atoms with Gasteiger partial charge in [0.1, 0.15) is 6.61 Å². The summed E-state index contributed by atoms with van der Waals surface area (Å²) in [6, 6.07) is 11.9. The van der Waals surface area contributed by atoms with Gasteiger partial charge in [0.15, 0.2) is 0 Å². The van der Waals surface area contributed by atoms with Crippen LogP contribution in [0.15, 0.2) is 42.6 Å². The Hall–Kier alpha value is -1.58. The van der Waals surface area contributed by atoms with Crippen LogP contribution in [0, 0.1) is 0 Å². The van der Waals surface area contributed by atoms with E-state index < -0.39 is 0 Å². The lowest BCUT2D eigenvalue weighted by molar-refractivity contribution is 0.293. The summed E-state index contributed by atoms with van der Waals surface area (Å²) in [5.74, 6) is 0.612. The molecule has 0 aliphatic rings. The summed E-state index contributed by atoms with van der Waals surface area (Å²) in [7, 11) is 0. The minimum absolute atomic E-state index is 0.301. The molecule has 21 heavy (non-hydrogen) atoms. The van der Waals surface area contributed by atoms with Gasteiger partial charge in [0.2, 0.25) is 5.88 Å². The van der Waals surface area contributed by atoms with Crippen LogP contribution in [0.25, 0.3) is 0 Å². The first-order valence-corrected chi connectivity index (χ1v) is 7.64. The topological polar surface area (TPSA) is 34.1 Å². The molecule has 0 amide bonds. The van der Waals surface area contributed by atoms with Crippen LogP contribution < -0.4 is 10.1 Å². The van der Waals surface area contributed by atoms with E-state index in [1.54, 1.807) is 0 Å². The minimum atomic E-state index is 0.301. The number of halogens is 1. The molecule has 0 radical (unpaired) electrons. The molecule has 3 nitrogen and oxygen atoms in total. The molecule has 1 N–H and O–H groups in total. The van der Waals surface area contributed by atoms with Crippen molar-refractivity contribution in [2.45, 2.75) is 32.9 Å². The summed E-state index contributed by atoms with van der Waals surface area (Å²) in [6.45, 7) is 5.72. The van der Waals surface area contributed by atoms with Crippen LogP contribution in [0.4, 0.5) is 0 Å². The molecule has 1 unspecified atom stereocenters. The van der Waals surface area contributed by atoms with E-state index in [2.05, 4.69) is 24.1 Å². The molecule has 2 aromatic rings. The molecule has 0 bridgehead atoms. The number of ether oxygens (including phenoxy) is 1. The first-order valence-electron chi connectivity index (χ1n) is 7.26. The third kappa shape index (κ3) is 4.73. The zero-order valence-corrected chi connectivity index (χ0v) is 13.2. The lowest BCUT2D eigenvalue weighted by Gasteiger charge is -2.13. The Balaban J connectivity index is 1.92. The van der Waals surface area contributed by atoms with Gasteiger partial charge in [-0.3, -0.25) is 0 Å². The first kappa shape index (κ1) is 15.8. The second-order valence-electron chi connectivity index (χ2n) is 4.99. The lowest BCUT2D eigenvalue weighted by atomic mass is 10.1. The van der Waals surface area contributed by atoms with Crippen LogP contribution in [0.1, 0.15) is 37.4 Å². The number of hydrogen-bond donors (Lipinski definition) is 1. The molecule has 0 saturated heterocycles. The fraction of sp³-hybridized carbons (Fsp3) is 0.353. The molecule has 2 rings (SSSR count). The van der Waals surface area contributed by atoms with E-state index in [4.69, 9.17) is 16.3 Å². The Morgan fingerprint density at radius 1 is 1.24 bits per heavy atom. The van der Waals surface area contributed by atoms with Crippen LogP contribution in [0.2, 0.25) is 5.02 Å². The molecule has 112 valence electrons. The van der Waals surface area contributed by atoms with Gasteiger partial charge in [-0.2, -0.15) is 0 Å². The smallest absolute Gasteiger partial charge is 0.213 e. The molecule has 1 heterocycles. The van der Waals surface area contributed by atoms with Crippen molar-refractivity contribution in [3.63, 3.8) is 0 Å². The van der Waals surface area contributed by atoms with Crippen molar-refractivity contribution in [3.05, 3.63) is 58.7 Å². The summed E-state index contributed by atoms with van der Waals surface area (Å²) in [5, 5.41) is 4.15. The van der Waals surface area contributed by atoms with Gasteiger partial charge in [0.05, 0.1) is 0 Å². The fourth-order valence-corrected chi connectivity index (χ4v) is 2.17. The largest absolute Gasteiger partial charge is 0.473 e. The molecule has 4 heteroatoms. The first-order chi connectivity index (χ1) is 10.2. The quantitative estimate of drug-likeness (QED) is 0.824. The van der Waals surface area contributed by atoms with Gasteiger partial charge < -0.3 is 10.1 Å². The number of hydrogen-bond acceptors (Lipinski definition) is 3. The van der Waals surface area contributed by atoms with Crippen molar-refractivity contribution in [1.29, 1.82) is 0 Å². The Bertz CT molecular complexity index is 557. The van der Waals surface area contributed by atoms with Gasteiger partial charge in [-0.25, -0.2) is 4.98 Å². The van der Waals surface area contributed by atoms with E-state index in [1.807, 2.05) is 42.6 Å². The molecular weight excluding hydrogens is 284 g/mol. The highest BCUT2D eigenvalue weighted by Gasteiger charge is 2.06. The van der Waals surface area contributed by atoms with Crippen LogP contribution in [-0.2, 0) is 6.61 Å². The Kier molecular flexibility index (Phi) is 6.03. The van der Waals surface area contributed by atoms with Crippen molar-refractivity contribution in [2.24, 2.45) is 0 Å². The molecule has 0 spiro atoms. The average Bonchev–Trinajstić information content (AvgIpc) is 2.52. The second-order valence-corrected chi connectivity index (χ2v) is 5.39. The number of nitrogens with one attached hydrogen (secondary N) is 1. The van der Waals surface area contributed by atoms with Crippen LogP contribution in [0.5, 0.6) is 5.88 Å². The summed E-state index contributed by atoms with van der Waals surface area (Å²) >= 11 is 6.10. The Labute approximate surface area is 131 Å². The predicted octanol–water partition coefficient (Wildman–Crippen LogP) is 4.37. The fourth-order valence-electron chi connectivity index (χ4n) is 1.98. The van der Waals surface area contributed by atoms with Crippen molar-refractivity contribution >= 4 is 11.6 Å². The van der Waals surface area contributed by atoms with Crippen LogP contribution in [-0.4, -0.2) is 11.5 Å². The monoisotopic (exact) mass is 304 g/mol. The number of nitrogens with zero attached hydrogens (tertiary/aromatic N) is 1. The van der Waals surface area contributed by atoms with Gasteiger partial charge in [-0.05, 0) is 31.5 Å². The number of pyridine rings is 1. The number of aromatic nitrogens is 1. The van der Waals surface area contributed by atoms with E-state index in [-0.39, 0.29) is 0 Å². The maximum absolute atomic E-state index is 6.10. The maximum Gasteiger partial charge on any atom is 0.213 e. The zero-order chi connectivity index (χ0) is 15.1. The molecule has 0 aliphatic carbocycles. The van der Waals surface area contributed by atoms with Gasteiger partial charge in [0, 0.05) is 28.9 Å². The lowest BCUT2D eigenvalue weighted by Crippen LogP contribution is -2.19. The standard InChI is InChI=1S/C17H21ClN2O/c1-3-10-19-13(2)14-8-9-17(20-11-14)21-12-15-6-4-5-7-16(15)18/h4-9,11,13,19H,3,10,12H2,1-2H3. The summed E-state index contributed by atoms with van der Waals surface area (Å²) in [5.41, 5.74) is 2.12. The van der Waals surface area contributed by atoms with E-state index in [1.165, 1.54) is 0 Å². The summed E-state index contributed by atoms with van der Waals surface area (Å²) < 4.78 is 5.67. The van der Waals surface area contributed by atoms with E-state index in [0.29, 0.717) is 23.6 Å². The maximum atomic E-state index is 6.10. The van der Waals surface area contributed by atoms with Crippen LogP contribution in [0.3, 0.4) is 0 Å². The molecule has 1 aromatic carbocycles. The summed E-state index contributed by atoms with van der Waals surface area (Å²) in [6.07, 6.45) is 2.98. The van der Waals surface area contributed by atoms with Crippen molar-refractivity contribution in [2.75, 3.05) is 6.54 Å². The van der Waals surface area contributed by atoms with Crippen molar-refractivity contribution in [3.8, 4) is 5.88 Å². The van der Waals surface area contributed by atoms with Gasteiger partial charge in [0.25, 0.3) is 0 Å². The molecular formula is C17H21ClN2O. The Morgan fingerprint density at radius 3 is 2.71 bits per heavy atom. The predicted molar refractivity (Wildman–Crippen MR) is 86.7 cm³/mol. The molecule has 0 aliphatic heterocycles. The average molecular weight is 305 g/mol. The van der Waals surface area contributed by atoms with Crippen LogP contribution >= 0.6 is 11.6 Å². The molecule has 1 atom stereocenters. The highest BCUT2D eigenvalue weighted by atomic mass is 35.5. The highest BCUT2D eigenvalue weighted by Crippen LogP contribution is 2.18. The molecule has 1 aromatic heterocycles. The number of benzene rings is 1. The normalized spacial score (nSPS) is 12.1. The zero-order valence-electron chi connectivity index (χ0n) is 12.5. The minimum Gasteiger partial charge on any atom is -0.473 e. The second kappa shape index (κ2) is 8.01. The number of rotatable bonds is 7. The third-order valence-electron chi connectivity index (χ3n) is 3.29. The van der Waals surface area contributed by atoms with Gasteiger partial charge in [-0.15, -0.1) is 0 Å². The Morgan fingerprint density at radius 2 is 2.05 bits per heavy atom. The highest BCUT2D eigenvalue weighted by molar-refractivity contribution is 6.31. The van der Waals surface area contributed by atoms with Crippen molar-refractivity contribution < 1.29 is 4.74 Å². The SMILES string of the molecule is CCCNC(C)c1ccc(OCc2ccccc2Cl)nc1. The van der Waals surface area contributed by atoms with E-state index in [0.717, 1.165) is 24.1 Å². The van der Waals surface area contributed by atoms with Gasteiger partial charge >= 0.3 is 0 Å².